The molecule has 0 aliphatic rings. The number of hydrogen-bond donors (Lipinski definition) is 2. The molecule has 31 heavy (non-hydrogen) atoms. The molecule has 3 rings (SSSR count). The molecular formula is C23H23N3O4S. The Balaban J connectivity index is 1.68. The predicted octanol–water partition coefficient (Wildman–Crippen LogP) is 2.80. The number of rotatable bonds is 7. The van der Waals surface area contributed by atoms with Crippen molar-refractivity contribution in [2.24, 2.45) is 0 Å². The molecule has 0 radical (unpaired) electrons. The van der Waals surface area contributed by atoms with Gasteiger partial charge in [-0.3, -0.25) is 13.9 Å². The Labute approximate surface area is 181 Å². The van der Waals surface area contributed by atoms with Crippen molar-refractivity contribution in [2.45, 2.75) is 11.4 Å². The normalized spacial score (nSPS) is 10.9. The Bertz CT molecular complexity index is 1180. The van der Waals surface area contributed by atoms with Crippen molar-refractivity contribution >= 4 is 27.5 Å². The van der Waals surface area contributed by atoms with Gasteiger partial charge in [-0.2, -0.15) is 0 Å². The van der Waals surface area contributed by atoms with Gasteiger partial charge in [0.1, 0.15) is 0 Å². The van der Waals surface area contributed by atoms with Crippen molar-refractivity contribution in [2.75, 3.05) is 18.4 Å². The standard InChI is InChI=1S/C23H23N3O4S/c1-24-22(27)19-8-6-7-17(15-19)16-25-23(28)18-11-13-21(14-12-18)31(29,30)26(2)20-9-4-3-5-10-20/h3-15H,16H2,1-2H3,(H,24,27)(H,25,28). The molecule has 3 aromatic carbocycles. The summed E-state index contributed by atoms with van der Waals surface area (Å²) >= 11 is 0. The smallest absolute Gasteiger partial charge is 0.264 e. The van der Waals surface area contributed by atoms with E-state index in [9.17, 15) is 18.0 Å². The van der Waals surface area contributed by atoms with Crippen LogP contribution < -0.4 is 14.9 Å². The van der Waals surface area contributed by atoms with Gasteiger partial charge in [0, 0.05) is 31.8 Å². The Morgan fingerprint density at radius 3 is 2.16 bits per heavy atom. The largest absolute Gasteiger partial charge is 0.355 e. The summed E-state index contributed by atoms with van der Waals surface area (Å²) in [5.41, 5.74) is 2.16. The molecule has 0 heterocycles. The van der Waals surface area contributed by atoms with Gasteiger partial charge >= 0.3 is 0 Å². The third kappa shape index (κ3) is 5.10. The van der Waals surface area contributed by atoms with Gasteiger partial charge < -0.3 is 10.6 Å². The highest BCUT2D eigenvalue weighted by Gasteiger charge is 2.21. The molecule has 0 atom stereocenters. The van der Waals surface area contributed by atoms with Crippen LogP contribution in [0, 0.1) is 0 Å². The first-order valence-electron chi connectivity index (χ1n) is 9.56. The van der Waals surface area contributed by atoms with Crippen molar-refractivity contribution in [3.8, 4) is 0 Å². The molecule has 0 aliphatic carbocycles. The molecule has 3 aromatic rings. The summed E-state index contributed by atoms with van der Waals surface area (Å²) in [5, 5.41) is 5.33. The van der Waals surface area contributed by atoms with Crippen LogP contribution in [0.15, 0.2) is 83.8 Å². The first-order chi connectivity index (χ1) is 14.8. The summed E-state index contributed by atoms with van der Waals surface area (Å²) in [4.78, 5) is 24.3. The number of amides is 2. The highest BCUT2D eigenvalue weighted by Crippen LogP contribution is 2.22. The molecule has 0 fully saturated rings. The molecule has 160 valence electrons. The van der Waals surface area contributed by atoms with E-state index in [1.807, 2.05) is 12.1 Å². The number of carbonyl (C=O) groups is 2. The van der Waals surface area contributed by atoms with Crippen LogP contribution in [0.5, 0.6) is 0 Å². The lowest BCUT2D eigenvalue weighted by Gasteiger charge is -2.19. The van der Waals surface area contributed by atoms with Gasteiger partial charge in [0.2, 0.25) is 0 Å². The maximum atomic E-state index is 12.8. The van der Waals surface area contributed by atoms with E-state index in [-0.39, 0.29) is 23.3 Å². The van der Waals surface area contributed by atoms with Crippen LogP contribution in [0.2, 0.25) is 0 Å². The predicted molar refractivity (Wildman–Crippen MR) is 119 cm³/mol. The monoisotopic (exact) mass is 437 g/mol. The molecule has 0 saturated heterocycles. The number of sulfonamides is 1. The van der Waals surface area contributed by atoms with Crippen LogP contribution in [-0.4, -0.2) is 34.3 Å². The average Bonchev–Trinajstić information content (AvgIpc) is 2.82. The fourth-order valence-corrected chi connectivity index (χ4v) is 4.16. The van der Waals surface area contributed by atoms with E-state index < -0.39 is 10.0 Å². The molecule has 2 amide bonds. The van der Waals surface area contributed by atoms with Crippen molar-refractivity contribution in [3.63, 3.8) is 0 Å². The third-order valence-electron chi connectivity index (χ3n) is 4.76. The number of para-hydroxylation sites is 1. The lowest BCUT2D eigenvalue weighted by molar-refractivity contribution is 0.0948. The van der Waals surface area contributed by atoms with E-state index >= 15 is 0 Å². The van der Waals surface area contributed by atoms with E-state index in [2.05, 4.69) is 10.6 Å². The second kappa shape index (κ2) is 9.44. The number of nitrogens with one attached hydrogen (secondary N) is 2. The zero-order valence-electron chi connectivity index (χ0n) is 17.2. The van der Waals surface area contributed by atoms with Crippen LogP contribution in [-0.2, 0) is 16.6 Å². The first kappa shape index (κ1) is 22.0. The van der Waals surface area contributed by atoms with E-state index in [1.165, 1.54) is 35.6 Å². The number of nitrogens with zero attached hydrogens (tertiary/aromatic N) is 1. The first-order valence-corrected chi connectivity index (χ1v) is 11.0. The molecule has 7 nitrogen and oxygen atoms in total. The van der Waals surface area contributed by atoms with Crippen LogP contribution >= 0.6 is 0 Å². The zero-order chi connectivity index (χ0) is 22.4. The molecule has 0 unspecified atom stereocenters. The number of anilines is 1. The zero-order valence-corrected chi connectivity index (χ0v) is 18.0. The van der Waals surface area contributed by atoms with Crippen LogP contribution in [0.1, 0.15) is 26.3 Å². The van der Waals surface area contributed by atoms with Crippen LogP contribution in [0.4, 0.5) is 5.69 Å². The van der Waals surface area contributed by atoms with Gasteiger partial charge in [-0.05, 0) is 54.1 Å². The molecule has 0 aromatic heterocycles. The van der Waals surface area contributed by atoms with Crippen molar-refractivity contribution in [1.82, 2.24) is 10.6 Å². The van der Waals surface area contributed by atoms with Crippen LogP contribution in [0.3, 0.4) is 0 Å². The SMILES string of the molecule is CNC(=O)c1cccc(CNC(=O)c2ccc(S(=O)(=O)N(C)c3ccccc3)cc2)c1. The summed E-state index contributed by atoms with van der Waals surface area (Å²) in [6.45, 7) is 0.237. The van der Waals surface area contributed by atoms with Crippen molar-refractivity contribution in [3.05, 3.63) is 95.6 Å². The van der Waals surface area contributed by atoms with Gasteiger partial charge in [-0.15, -0.1) is 0 Å². The summed E-state index contributed by atoms with van der Waals surface area (Å²) in [6.07, 6.45) is 0. The van der Waals surface area contributed by atoms with E-state index in [1.54, 1.807) is 49.5 Å². The molecule has 0 bridgehead atoms. The van der Waals surface area contributed by atoms with Crippen LogP contribution in [0.25, 0.3) is 0 Å². The second-order valence-corrected chi connectivity index (χ2v) is 8.76. The molecule has 0 spiro atoms. The van der Waals surface area contributed by atoms with Gasteiger partial charge in [-0.25, -0.2) is 8.42 Å². The Morgan fingerprint density at radius 2 is 1.52 bits per heavy atom. The maximum absolute atomic E-state index is 12.8. The fourth-order valence-electron chi connectivity index (χ4n) is 2.96. The summed E-state index contributed by atoms with van der Waals surface area (Å²) < 4.78 is 26.9. The van der Waals surface area contributed by atoms with E-state index in [4.69, 9.17) is 0 Å². The van der Waals surface area contributed by atoms with Gasteiger partial charge in [0.25, 0.3) is 21.8 Å². The minimum Gasteiger partial charge on any atom is -0.355 e. The number of benzene rings is 3. The quantitative estimate of drug-likeness (QED) is 0.594. The summed E-state index contributed by atoms with van der Waals surface area (Å²) in [7, 11) is -0.703. The number of hydrogen-bond acceptors (Lipinski definition) is 4. The highest BCUT2D eigenvalue weighted by molar-refractivity contribution is 7.92. The fraction of sp³-hybridized carbons (Fsp3) is 0.130. The summed E-state index contributed by atoms with van der Waals surface area (Å²) in [6, 6.07) is 21.5. The van der Waals surface area contributed by atoms with E-state index in [0.29, 0.717) is 16.8 Å². The van der Waals surface area contributed by atoms with E-state index in [0.717, 1.165) is 5.56 Å². The second-order valence-electron chi connectivity index (χ2n) is 6.79. The van der Waals surface area contributed by atoms with Gasteiger partial charge in [0.05, 0.1) is 10.6 Å². The van der Waals surface area contributed by atoms with Gasteiger partial charge in [0.15, 0.2) is 0 Å². The molecule has 0 aliphatic heterocycles. The molecule has 0 saturated carbocycles. The lowest BCUT2D eigenvalue weighted by Crippen LogP contribution is -2.27. The van der Waals surface area contributed by atoms with Gasteiger partial charge in [-0.1, -0.05) is 30.3 Å². The minimum absolute atomic E-state index is 0.0914. The number of carbonyl (C=O) groups excluding carboxylic acids is 2. The maximum Gasteiger partial charge on any atom is 0.264 e. The minimum atomic E-state index is -3.74. The average molecular weight is 438 g/mol. The highest BCUT2D eigenvalue weighted by atomic mass is 32.2. The Hall–Kier alpha value is -3.65. The molecule has 8 heteroatoms. The Kier molecular flexibility index (Phi) is 6.71. The summed E-state index contributed by atoms with van der Waals surface area (Å²) in [5.74, 6) is -0.545. The van der Waals surface area contributed by atoms with Crippen molar-refractivity contribution < 1.29 is 18.0 Å². The Morgan fingerprint density at radius 1 is 0.839 bits per heavy atom. The van der Waals surface area contributed by atoms with Crippen molar-refractivity contribution in [1.29, 1.82) is 0 Å². The lowest BCUT2D eigenvalue weighted by atomic mass is 10.1. The molecule has 2 N–H and O–H groups in total. The topological polar surface area (TPSA) is 95.6 Å². The third-order valence-corrected chi connectivity index (χ3v) is 6.56. The molecular weight excluding hydrogens is 414 g/mol.